The number of rotatable bonds is 4. The number of aromatic nitrogens is 1. The standard InChI is InChI=1S/C15H15NO2/c17-15(16-10-4-5-11-16)14-13(18-14)9-8-12-6-2-1-3-7-12/h1-7,10-11,13-14H,8-9H2/t13-,14+/m1/s1. The molecule has 0 spiro atoms. The Bertz CT molecular complexity index is 519. The maximum atomic E-state index is 11.9. The highest BCUT2D eigenvalue weighted by molar-refractivity contribution is 5.86. The van der Waals surface area contributed by atoms with Crippen LogP contribution in [-0.4, -0.2) is 22.7 Å². The molecule has 18 heavy (non-hydrogen) atoms. The number of carbonyl (C=O) groups is 1. The van der Waals surface area contributed by atoms with Crippen LogP contribution in [0.3, 0.4) is 0 Å². The molecule has 1 fully saturated rings. The summed E-state index contributed by atoms with van der Waals surface area (Å²) in [4.78, 5) is 11.9. The number of nitrogens with zero attached hydrogens (tertiary/aromatic N) is 1. The SMILES string of the molecule is O=C([C@H]1O[C@@H]1CCc1ccccc1)n1cccc1. The van der Waals surface area contributed by atoms with Crippen LogP contribution in [0.1, 0.15) is 16.8 Å². The fraction of sp³-hybridized carbons (Fsp3) is 0.267. The number of ether oxygens (including phenoxy) is 1. The molecule has 0 bridgehead atoms. The quantitative estimate of drug-likeness (QED) is 0.771. The van der Waals surface area contributed by atoms with Gasteiger partial charge in [-0.15, -0.1) is 0 Å². The molecule has 0 unspecified atom stereocenters. The van der Waals surface area contributed by atoms with Crippen LogP contribution in [0.5, 0.6) is 0 Å². The van der Waals surface area contributed by atoms with E-state index in [-0.39, 0.29) is 18.1 Å². The second kappa shape index (κ2) is 4.78. The van der Waals surface area contributed by atoms with Crippen molar-refractivity contribution in [3.8, 4) is 0 Å². The molecule has 1 aromatic carbocycles. The molecular formula is C15H15NO2. The molecule has 3 heteroatoms. The first-order valence-electron chi connectivity index (χ1n) is 6.21. The van der Waals surface area contributed by atoms with Crippen molar-refractivity contribution >= 4 is 5.91 Å². The van der Waals surface area contributed by atoms with Crippen LogP contribution < -0.4 is 0 Å². The molecule has 1 aromatic heterocycles. The van der Waals surface area contributed by atoms with E-state index in [1.54, 1.807) is 17.0 Å². The van der Waals surface area contributed by atoms with Crippen molar-refractivity contribution < 1.29 is 9.53 Å². The van der Waals surface area contributed by atoms with Crippen LogP contribution in [0.15, 0.2) is 54.9 Å². The maximum absolute atomic E-state index is 11.9. The Morgan fingerprint density at radius 2 is 1.83 bits per heavy atom. The molecule has 2 aromatic rings. The second-order valence-electron chi connectivity index (χ2n) is 4.55. The minimum absolute atomic E-state index is 0.0399. The Morgan fingerprint density at radius 3 is 2.56 bits per heavy atom. The van der Waals surface area contributed by atoms with Gasteiger partial charge in [-0.25, -0.2) is 0 Å². The highest BCUT2D eigenvalue weighted by atomic mass is 16.6. The van der Waals surface area contributed by atoms with Gasteiger partial charge < -0.3 is 4.74 Å². The molecule has 1 saturated heterocycles. The summed E-state index contributed by atoms with van der Waals surface area (Å²) in [5, 5.41) is 0. The van der Waals surface area contributed by atoms with E-state index in [1.165, 1.54) is 5.56 Å². The predicted octanol–water partition coefficient (Wildman–Crippen LogP) is 2.53. The summed E-state index contributed by atoms with van der Waals surface area (Å²) in [6.07, 6.45) is 5.22. The van der Waals surface area contributed by atoms with Crippen molar-refractivity contribution in [3.63, 3.8) is 0 Å². The zero-order chi connectivity index (χ0) is 12.4. The van der Waals surface area contributed by atoms with Crippen molar-refractivity contribution in [1.82, 2.24) is 4.57 Å². The number of carbonyl (C=O) groups excluding carboxylic acids is 1. The number of aryl methyl sites for hydroxylation is 1. The first-order chi connectivity index (χ1) is 8.84. The predicted molar refractivity (Wildman–Crippen MR) is 68.5 cm³/mol. The molecule has 0 N–H and O–H groups in total. The highest BCUT2D eigenvalue weighted by Gasteiger charge is 2.44. The average Bonchev–Trinajstić information content (AvgIpc) is 2.98. The molecule has 1 aliphatic rings. The summed E-state index contributed by atoms with van der Waals surface area (Å²) >= 11 is 0. The van der Waals surface area contributed by atoms with Crippen molar-refractivity contribution in [2.45, 2.75) is 25.0 Å². The van der Waals surface area contributed by atoms with E-state index >= 15 is 0 Å². The Hall–Kier alpha value is -1.87. The highest BCUT2D eigenvalue weighted by Crippen LogP contribution is 2.28. The van der Waals surface area contributed by atoms with E-state index in [0.29, 0.717) is 0 Å². The molecule has 3 rings (SSSR count). The Kier molecular flexibility index (Phi) is 2.99. The average molecular weight is 241 g/mol. The number of hydrogen-bond donors (Lipinski definition) is 0. The van der Waals surface area contributed by atoms with Crippen molar-refractivity contribution in [1.29, 1.82) is 0 Å². The smallest absolute Gasteiger partial charge is 0.262 e. The fourth-order valence-corrected chi connectivity index (χ4v) is 2.16. The Labute approximate surface area is 106 Å². The van der Waals surface area contributed by atoms with E-state index in [2.05, 4.69) is 12.1 Å². The normalized spacial score (nSPS) is 21.8. The van der Waals surface area contributed by atoms with Crippen LogP contribution in [0.25, 0.3) is 0 Å². The maximum Gasteiger partial charge on any atom is 0.262 e. The Balaban J connectivity index is 1.51. The summed E-state index contributed by atoms with van der Waals surface area (Å²) in [5.41, 5.74) is 1.29. The largest absolute Gasteiger partial charge is 0.359 e. The lowest BCUT2D eigenvalue weighted by Gasteiger charge is -1.99. The summed E-state index contributed by atoms with van der Waals surface area (Å²) in [5.74, 6) is 0.0399. The Morgan fingerprint density at radius 1 is 1.11 bits per heavy atom. The molecule has 0 amide bonds. The lowest BCUT2D eigenvalue weighted by atomic mass is 10.1. The van der Waals surface area contributed by atoms with Crippen LogP contribution in [0, 0.1) is 0 Å². The van der Waals surface area contributed by atoms with Crippen LogP contribution in [0.2, 0.25) is 0 Å². The molecule has 0 saturated carbocycles. The zero-order valence-corrected chi connectivity index (χ0v) is 10.0. The third-order valence-corrected chi connectivity index (χ3v) is 3.25. The van der Waals surface area contributed by atoms with Gasteiger partial charge in [0.25, 0.3) is 5.91 Å². The van der Waals surface area contributed by atoms with E-state index in [4.69, 9.17) is 4.74 Å². The molecule has 2 heterocycles. The van der Waals surface area contributed by atoms with E-state index in [1.807, 2.05) is 30.3 Å². The monoisotopic (exact) mass is 241 g/mol. The van der Waals surface area contributed by atoms with Gasteiger partial charge in [-0.1, -0.05) is 30.3 Å². The van der Waals surface area contributed by atoms with Gasteiger partial charge in [-0.05, 0) is 30.5 Å². The fourth-order valence-electron chi connectivity index (χ4n) is 2.16. The molecular weight excluding hydrogens is 226 g/mol. The van der Waals surface area contributed by atoms with E-state index < -0.39 is 0 Å². The third kappa shape index (κ3) is 2.36. The lowest BCUT2D eigenvalue weighted by Crippen LogP contribution is -2.17. The van der Waals surface area contributed by atoms with Gasteiger partial charge in [0.05, 0.1) is 6.10 Å². The molecule has 1 aliphatic heterocycles. The van der Waals surface area contributed by atoms with Gasteiger partial charge in [-0.3, -0.25) is 9.36 Å². The van der Waals surface area contributed by atoms with Crippen molar-refractivity contribution in [3.05, 3.63) is 60.4 Å². The molecule has 0 aliphatic carbocycles. The van der Waals surface area contributed by atoms with Gasteiger partial charge in [0, 0.05) is 12.4 Å². The minimum atomic E-state index is -0.249. The number of hydrogen-bond acceptors (Lipinski definition) is 2. The van der Waals surface area contributed by atoms with Gasteiger partial charge >= 0.3 is 0 Å². The molecule has 3 nitrogen and oxygen atoms in total. The van der Waals surface area contributed by atoms with E-state index in [0.717, 1.165) is 12.8 Å². The van der Waals surface area contributed by atoms with Crippen LogP contribution in [-0.2, 0) is 11.2 Å². The first kappa shape index (κ1) is 11.2. The summed E-state index contributed by atoms with van der Waals surface area (Å²) in [6, 6.07) is 14.0. The zero-order valence-electron chi connectivity index (χ0n) is 10.0. The first-order valence-corrected chi connectivity index (χ1v) is 6.21. The van der Waals surface area contributed by atoms with Gasteiger partial charge in [-0.2, -0.15) is 0 Å². The third-order valence-electron chi connectivity index (χ3n) is 3.25. The van der Waals surface area contributed by atoms with Crippen molar-refractivity contribution in [2.24, 2.45) is 0 Å². The van der Waals surface area contributed by atoms with Crippen LogP contribution >= 0.6 is 0 Å². The molecule has 92 valence electrons. The molecule has 2 atom stereocenters. The topological polar surface area (TPSA) is 34.5 Å². The summed E-state index contributed by atoms with van der Waals surface area (Å²) < 4.78 is 7.04. The van der Waals surface area contributed by atoms with Gasteiger partial charge in [0.15, 0.2) is 6.10 Å². The van der Waals surface area contributed by atoms with Crippen molar-refractivity contribution in [2.75, 3.05) is 0 Å². The number of epoxide rings is 1. The van der Waals surface area contributed by atoms with E-state index in [9.17, 15) is 4.79 Å². The van der Waals surface area contributed by atoms with Crippen LogP contribution in [0.4, 0.5) is 0 Å². The lowest BCUT2D eigenvalue weighted by molar-refractivity contribution is 0.0872. The summed E-state index contributed by atoms with van der Waals surface area (Å²) in [6.45, 7) is 0. The second-order valence-corrected chi connectivity index (χ2v) is 4.55. The van der Waals surface area contributed by atoms with Gasteiger partial charge in [0.2, 0.25) is 0 Å². The van der Waals surface area contributed by atoms with Gasteiger partial charge in [0.1, 0.15) is 0 Å². The molecule has 0 radical (unpaired) electrons. The summed E-state index contributed by atoms with van der Waals surface area (Å²) in [7, 11) is 0. The minimum Gasteiger partial charge on any atom is -0.359 e. The number of benzene rings is 1.